The number of nitrogens with zero attached hydrogens (tertiary/aromatic N) is 4. The molecule has 0 saturated heterocycles. The van der Waals surface area contributed by atoms with E-state index in [-0.39, 0.29) is 0 Å². The molecule has 6 heteroatoms. The first-order valence-electron chi connectivity index (χ1n) is 18.9. The fourth-order valence-electron chi connectivity index (χ4n) is 7.71. The first kappa shape index (κ1) is 33.0. The zero-order valence-electron chi connectivity index (χ0n) is 30.6. The lowest BCUT2D eigenvalue weighted by molar-refractivity contribution is 0.669. The van der Waals surface area contributed by atoms with E-state index in [4.69, 9.17) is 19.4 Å². The van der Waals surface area contributed by atoms with Crippen LogP contribution in [0.2, 0.25) is 0 Å². The van der Waals surface area contributed by atoms with Gasteiger partial charge in [-0.05, 0) is 83.9 Å². The number of anilines is 3. The molecule has 0 aliphatic carbocycles. The van der Waals surface area contributed by atoms with Crippen LogP contribution in [-0.2, 0) is 0 Å². The predicted molar refractivity (Wildman–Crippen MR) is 236 cm³/mol. The minimum atomic E-state index is 0.596. The summed E-state index contributed by atoms with van der Waals surface area (Å²) in [5.74, 6) is 1.85. The Balaban J connectivity index is 0.944. The van der Waals surface area contributed by atoms with Crippen molar-refractivity contribution in [3.63, 3.8) is 0 Å². The Kier molecular flexibility index (Phi) is 7.93. The Hall–Kier alpha value is -7.41. The van der Waals surface area contributed by atoms with E-state index in [1.165, 1.54) is 20.2 Å². The van der Waals surface area contributed by atoms with Gasteiger partial charge in [-0.3, -0.25) is 0 Å². The highest BCUT2D eigenvalue weighted by molar-refractivity contribution is 7.25. The second kappa shape index (κ2) is 13.7. The van der Waals surface area contributed by atoms with Gasteiger partial charge in [0.05, 0.1) is 0 Å². The van der Waals surface area contributed by atoms with Gasteiger partial charge in [-0.2, -0.15) is 0 Å². The van der Waals surface area contributed by atoms with Crippen LogP contribution >= 0.6 is 11.3 Å². The molecule has 11 rings (SSSR count). The quantitative estimate of drug-likeness (QED) is 0.162. The standard InChI is InChI=1S/C51H32N4OS/c1-4-12-34(13-5-1)49-52-50(35-14-6-2-7-15-35)54-51(53-49)37-23-28-42-41-27-22-36(30-45(41)56-46(42)31-37)33-20-24-39(25-21-33)55(38-16-8-3-9-17-38)40-26-29-48-44(32-40)43-18-10-11-19-47(43)57-48/h1-32H. The van der Waals surface area contributed by atoms with Gasteiger partial charge in [0.25, 0.3) is 0 Å². The molecule has 5 nitrogen and oxygen atoms in total. The van der Waals surface area contributed by atoms with Crippen molar-refractivity contribution in [1.29, 1.82) is 0 Å². The molecular formula is C51H32N4OS. The van der Waals surface area contributed by atoms with Crippen molar-refractivity contribution in [2.75, 3.05) is 4.90 Å². The van der Waals surface area contributed by atoms with Crippen molar-refractivity contribution in [1.82, 2.24) is 15.0 Å². The zero-order valence-corrected chi connectivity index (χ0v) is 31.4. The second-order valence-corrected chi connectivity index (χ2v) is 15.1. The molecule has 57 heavy (non-hydrogen) atoms. The van der Waals surface area contributed by atoms with Gasteiger partial charge in [0.1, 0.15) is 11.2 Å². The number of fused-ring (bicyclic) bond motifs is 6. The highest BCUT2D eigenvalue weighted by Crippen LogP contribution is 2.41. The van der Waals surface area contributed by atoms with Crippen molar-refractivity contribution < 1.29 is 4.42 Å². The molecule has 0 saturated carbocycles. The van der Waals surface area contributed by atoms with Crippen molar-refractivity contribution in [2.45, 2.75) is 0 Å². The summed E-state index contributed by atoms with van der Waals surface area (Å²) in [7, 11) is 0. The summed E-state index contributed by atoms with van der Waals surface area (Å²) in [5, 5.41) is 4.68. The number of aromatic nitrogens is 3. The van der Waals surface area contributed by atoms with Crippen molar-refractivity contribution in [3.8, 4) is 45.3 Å². The average molecular weight is 749 g/mol. The molecule has 0 aliphatic heterocycles. The fraction of sp³-hybridized carbons (Fsp3) is 0. The van der Waals surface area contributed by atoms with E-state index in [1.807, 2.05) is 78.1 Å². The molecule has 0 atom stereocenters. The van der Waals surface area contributed by atoms with Gasteiger partial charge in [0, 0.05) is 64.7 Å². The lowest BCUT2D eigenvalue weighted by atomic mass is 10.0. The van der Waals surface area contributed by atoms with Crippen molar-refractivity contribution in [2.24, 2.45) is 0 Å². The molecular weight excluding hydrogens is 717 g/mol. The highest BCUT2D eigenvalue weighted by atomic mass is 32.1. The van der Waals surface area contributed by atoms with Gasteiger partial charge in [-0.25, -0.2) is 15.0 Å². The van der Waals surface area contributed by atoms with Crippen LogP contribution in [0.15, 0.2) is 199 Å². The van der Waals surface area contributed by atoms with Gasteiger partial charge in [0.2, 0.25) is 0 Å². The minimum absolute atomic E-state index is 0.596. The van der Waals surface area contributed by atoms with E-state index in [1.54, 1.807) is 0 Å². The third-order valence-electron chi connectivity index (χ3n) is 10.5. The largest absolute Gasteiger partial charge is 0.456 e. The smallest absolute Gasteiger partial charge is 0.164 e. The number of para-hydroxylation sites is 1. The number of furan rings is 1. The average Bonchev–Trinajstić information content (AvgIpc) is 3.85. The van der Waals surface area contributed by atoms with Crippen LogP contribution in [0, 0.1) is 0 Å². The van der Waals surface area contributed by atoms with E-state index >= 15 is 0 Å². The zero-order chi connectivity index (χ0) is 37.7. The van der Waals surface area contributed by atoms with E-state index in [9.17, 15) is 0 Å². The molecule has 0 radical (unpaired) electrons. The summed E-state index contributed by atoms with van der Waals surface area (Å²) in [5.41, 5.74) is 9.87. The van der Waals surface area contributed by atoms with Crippen LogP contribution in [0.5, 0.6) is 0 Å². The maximum atomic E-state index is 6.56. The molecule has 3 heterocycles. The van der Waals surface area contributed by atoms with Gasteiger partial charge in [-0.15, -0.1) is 11.3 Å². The van der Waals surface area contributed by atoms with Gasteiger partial charge in [0.15, 0.2) is 17.5 Å². The molecule has 0 bridgehead atoms. The Labute approximate surface area is 332 Å². The normalized spacial score (nSPS) is 11.5. The topological polar surface area (TPSA) is 55.1 Å². The Morgan fingerprint density at radius 2 is 0.825 bits per heavy atom. The maximum Gasteiger partial charge on any atom is 0.164 e. The number of thiophene rings is 1. The summed E-state index contributed by atoms with van der Waals surface area (Å²) in [4.78, 5) is 17.0. The number of hydrogen-bond acceptors (Lipinski definition) is 6. The SMILES string of the molecule is c1ccc(-c2nc(-c3ccccc3)nc(-c3ccc4c(c3)oc3cc(-c5ccc(N(c6ccccc6)c6ccc7sc8ccccc8c7c6)cc5)ccc34)n2)cc1. The lowest BCUT2D eigenvalue weighted by Gasteiger charge is -2.25. The second-order valence-electron chi connectivity index (χ2n) is 14.1. The van der Waals surface area contributed by atoms with E-state index in [0.29, 0.717) is 17.5 Å². The summed E-state index contributed by atoms with van der Waals surface area (Å²) >= 11 is 1.84. The molecule has 0 fully saturated rings. The summed E-state index contributed by atoms with van der Waals surface area (Å²) in [6, 6.07) is 67.6. The fourth-order valence-corrected chi connectivity index (χ4v) is 8.80. The minimum Gasteiger partial charge on any atom is -0.456 e. The number of hydrogen-bond donors (Lipinski definition) is 0. The third kappa shape index (κ3) is 6.00. The molecule has 11 aromatic rings. The van der Waals surface area contributed by atoms with E-state index < -0.39 is 0 Å². The van der Waals surface area contributed by atoms with Gasteiger partial charge in [-0.1, -0.05) is 121 Å². The third-order valence-corrected chi connectivity index (χ3v) is 11.7. The molecule has 0 aliphatic rings. The van der Waals surface area contributed by atoms with Crippen LogP contribution in [0.4, 0.5) is 17.1 Å². The Morgan fingerprint density at radius 1 is 0.333 bits per heavy atom. The molecule has 0 N–H and O–H groups in total. The van der Waals surface area contributed by atoms with Crippen LogP contribution < -0.4 is 4.90 Å². The first-order valence-corrected chi connectivity index (χ1v) is 19.7. The highest BCUT2D eigenvalue weighted by Gasteiger charge is 2.17. The number of benzene rings is 8. The van der Waals surface area contributed by atoms with Crippen molar-refractivity contribution >= 4 is 70.5 Å². The summed E-state index contributed by atoms with van der Waals surface area (Å²) < 4.78 is 9.16. The Bertz CT molecular complexity index is 3170. The monoisotopic (exact) mass is 748 g/mol. The summed E-state index contributed by atoms with van der Waals surface area (Å²) in [6.45, 7) is 0. The van der Waals surface area contributed by atoms with E-state index in [2.05, 4.69) is 132 Å². The molecule has 268 valence electrons. The molecule has 8 aromatic carbocycles. The van der Waals surface area contributed by atoms with Crippen molar-refractivity contribution in [3.05, 3.63) is 194 Å². The first-order chi connectivity index (χ1) is 28.2. The Morgan fingerprint density at radius 3 is 1.49 bits per heavy atom. The molecule has 0 unspecified atom stereocenters. The van der Waals surface area contributed by atoms with Crippen LogP contribution in [0.3, 0.4) is 0 Å². The molecule has 3 aromatic heterocycles. The van der Waals surface area contributed by atoms with E-state index in [0.717, 1.165) is 66.8 Å². The number of rotatable bonds is 7. The molecule has 0 spiro atoms. The van der Waals surface area contributed by atoms with Crippen LogP contribution in [0.25, 0.3) is 87.4 Å². The van der Waals surface area contributed by atoms with Crippen LogP contribution in [0.1, 0.15) is 0 Å². The van der Waals surface area contributed by atoms with Gasteiger partial charge < -0.3 is 9.32 Å². The predicted octanol–water partition coefficient (Wildman–Crippen LogP) is 14.3. The van der Waals surface area contributed by atoms with Crippen LogP contribution in [-0.4, -0.2) is 15.0 Å². The lowest BCUT2D eigenvalue weighted by Crippen LogP contribution is -2.09. The maximum absolute atomic E-state index is 6.56. The van der Waals surface area contributed by atoms with Gasteiger partial charge >= 0.3 is 0 Å². The summed E-state index contributed by atoms with van der Waals surface area (Å²) in [6.07, 6.45) is 0. The molecule has 0 amide bonds.